The number of hydrogen-bond acceptors (Lipinski definition) is 2. The molecule has 1 aromatic carbocycles. The first-order valence-corrected chi connectivity index (χ1v) is 8.48. The topological polar surface area (TPSA) is 15.3 Å². The van der Waals surface area contributed by atoms with Gasteiger partial charge in [0.2, 0.25) is 0 Å². The predicted octanol–water partition coefficient (Wildman–Crippen LogP) is 3.82. The first-order chi connectivity index (χ1) is 10.2. The van der Waals surface area contributed by atoms with Crippen molar-refractivity contribution in [2.45, 2.75) is 45.1 Å². The van der Waals surface area contributed by atoms with Crippen LogP contribution in [0.25, 0.3) is 0 Å². The Morgan fingerprint density at radius 2 is 2.10 bits per heavy atom. The van der Waals surface area contributed by atoms with Crippen molar-refractivity contribution < 1.29 is 4.39 Å². The van der Waals surface area contributed by atoms with E-state index in [2.05, 4.69) is 17.1 Å². The van der Waals surface area contributed by atoms with Crippen molar-refractivity contribution in [2.75, 3.05) is 24.5 Å². The quantitative estimate of drug-likeness (QED) is 0.887. The van der Waals surface area contributed by atoms with Gasteiger partial charge in [-0.25, -0.2) is 4.39 Å². The number of rotatable bonds is 5. The zero-order valence-electron chi connectivity index (χ0n) is 13.0. The molecule has 0 amide bonds. The Kier molecular flexibility index (Phi) is 4.79. The van der Waals surface area contributed by atoms with E-state index in [0.717, 1.165) is 31.2 Å². The fourth-order valence-electron chi connectivity index (χ4n) is 3.56. The SMILES string of the molecule is CCC1CC(NCC2CCC2)CN(c2cccc(F)c2)C1. The minimum Gasteiger partial charge on any atom is -0.370 e. The number of nitrogens with one attached hydrogen (secondary N) is 1. The smallest absolute Gasteiger partial charge is 0.125 e. The molecule has 0 radical (unpaired) electrons. The van der Waals surface area contributed by atoms with E-state index in [9.17, 15) is 4.39 Å². The molecule has 1 saturated heterocycles. The van der Waals surface area contributed by atoms with Crippen molar-refractivity contribution in [3.63, 3.8) is 0 Å². The Morgan fingerprint density at radius 1 is 1.24 bits per heavy atom. The lowest BCUT2D eigenvalue weighted by molar-refractivity contribution is 0.262. The third-order valence-corrected chi connectivity index (χ3v) is 5.21. The van der Waals surface area contributed by atoms with Crippen LogP contribution < -0.4 is 10.2 Å². The molecule has 21 heavy (non-hydrogen) atoms. The van der Waals surface area contributed by atoms with Gasteiger partial charge in [-0.3, -0.25) is 0 Å². The van der Waals surface area contributed by atoms with Crippen LogP contribution in [-0.2, 0) is 0 Å². The molecule has 0 bridgehead atoms. The first kappa shape index (κ1) is 14.8. The Bertz CT molecular complexity index is 458. The molecule has 1 N–H and O–H groups in total. The van der Waals surface area contributed by atoms with E-state index in [-0.39, 0.29) is 5.82 Å². The van der Waals surface area contributed by atoms with Crippen LogP contribution in [0.5, 0.6) is 0 Å². The van der Waals surface area contributed by atoms with Crippen LogP contribution in [-0.4, -0.2) is 25.7 Å². The number of nitrogens with zero attached hydrogens (tertiary/aromatic N) is 1. The van der Waals surface area contributed by atoms with E-state index in [1.54, 1.807) is 6.07 Å². The summed E-state index contributed by atoms with van der Waals surface area (Å²) < 4.78 is 13.5. The fourth-order valence-corrected chi connectivity index (χ4v) is 3.56. The Hall–Kier alpha value is -1.09. The summed E-state index contributed by atoms with van der Waals surface area (Å²) in [4.78, 5) is 2.36. The fraction of sp³-hybridized carbons (Fsp3) is 0.667. The standard InChI is InChI=1S/C18H27FN2/c1-2-14-9-17(20-11-15-5-3-6-15)13-21(12-14)18-8-4-7-16(19)10-18/h4,7-8,10,14-15,17,20H,2-3,5-6,9,11-13H2,1H3. The second-order valence-corrected chi connectivity index (χ2v) is 6.80. The number of hydrogen-bond donors (Lipinski definition) is 1. The zero-order valence-corrected chi connectivity index (χ0v) is 13.0. The molecular formula is C18H27FN2. The molecule has 3 rings (SSSR count). The maximum Gasteiger partial charge on any atom is 0.125 e. The van der Waals surface area contributed by atoms with E-state index in [4.69, 9.17) is 0 Å². The highest BCUT2D eigenvalue weighted by molar-refractivity contribution is 5.47. The molecule has 1 aliphatic heterocycles. The average Bonchev–Trinajstić information content (AvgIpc) is 2.45. The third-order valence-electron chi connectivity index (χ3n) is 5.21. The molecule has 1 heterocycles. The minimum absolute atomic E-state index is 0.134. The molecule has 2 nitrogen and oxygen atoms in total. The van der Waals surface area contributed by atoms with Gasteiger partial charge in [-0.05, 0) is 55.8 Å². The second kappa shape index (κ2) is 6.78. The van der Waals surface area contributed by atoms with E-state index in [0.29, 0.717) is 12.0 Å². The molecule has 3 heteroatoms. The highest BCUT2D eigenvalue weighted by Gasteiger charge is 2.27. The summed E-state index contributed by atoms with van der Waals surface area (Å²) >= 11 is 0. The lowest BCUT2D eigenvalue weighted by Crippen LogP contribution is -2.50. The van der Waals surface area contributed by atoms with Gasteiger partial charge in [0.25, 0.3) is 0 Å². The third kappa shape index (κ3) is 3.76. The summed E-state index contributed by atoms with van der Waals surface area (Å²) in [5, 5.41) is 3.77. The van der Waals surface area contributed by atoms with Crippen LogP contribution >= 0.6 is 0 Å². The van der Waals surface area contributed by atoms with Crippen LogP contribution in [0.3, 0.4) is 0 Å². The van der Waals surface area contributed by atoms with Crippen LogP contribution in [0.15, 0.2) is 24.3 Å². The van der Waals surface area contributed by atoms with Gasteiger partial charge in [-0.2, -0.15) is 0 Å². The van der Waals surface area contributed by atoms with Crippen molar-refractivity contribution >= 4 is 5.69 Å². The van der Waals surface area contributed by atoms with E-state index >= 15 is 0 Å². The Labute approximate surface area is 127 Å². The summed E-state index contributed by atoms with van der Waals surface area (Å²) in [6.07, 6.45) is 6.65. The summed E-state index contributed by atoms with van der Waals surface area (Å²) in [6, 6.07) is 7.59. The van der Waals surface area contributed by atoms with Gasteiger partial charge in [-0.1, -0.05) is 25.8 Å². The van der Waals surface area contributed by atoms with Crippen LogP contribution in [0.2, 0.25) is 0 Å². The lowest BCUT2D eigenvalue weighted by atomic mass is 9.84. The molecule has 2 fully saturated rings. The van der Waals surface area contributed by atoms with Gasteiger partial charge in [0.1, 0.15) is 5.82 Å². The molecular weight excluding hydrogens is 263 g/mol. The van der Waals surface area contributed by atoms with E-state index in [1.165, 1.54) is 38.2 Å². The van der Waals surface area contributed by atoms with Gasteiger partial charge in [0.15, 0.2) is 0 Å². The van der Waals surface area contributed by atoms with E-state index in [1.807, 2.05) is 12.1 Å². The van der Waals surface area contributed by atoms with Crippen molar-refractivity contribution in [2.24, 2.45) is 11.8 Å². The molecule has 1 saturated carbocycles. The largest absolute Gasteiger partial charge is 0.370 e. The molecule has 1 aliphatic carbocycles. The van der Waals surface area contributed by atoms with Gasteiger partial charge in [0.05, 0.1) is 0 Å². The summed E-state index contributed by atoms with van der Waals surface area (Å²) in [7, 11) is 0. The molecule has 2 aliphatic rings. The Balaban J connectivity index is 1.62. The normalized spacial score (nSPS) is 26.7. The number of piperidine rings is 1. The van der Waals surface area contributed by atoms with Crippen LogP contribution in [0.1, 0.15) is 39.0 Å². The molecule has 2 unspecified atom stereocenters. The molecule has 0 spiro atoms. The van der Waals surface area contributed by atoms with Gasteiger partial charge < -0.3 is 10.2 Å². The monoisotopic (exact) mass is 290 g/mol. The van der Waals surface area contributed by atoms with Crippen molar-refractivity contribution in [1.29, 1.82) is 0 Å². The molecule has 0 aromatic heterocycles. The van der Waals surface area contributed by atoms with Crippen molar-refractivity contribution in [3.8, 4) is 0 Å². The highest BCUT2D eigenvalue weighted by Crippen LogP contribution is 2.28. The maximum absolute atomic E-state index is 13.5. The molecule has 2 atom stereocenters. The maximum atomic E-state index is 13.5. The summed E-state index contributed by atoms with van der Waals surface area (Å²) in [5.74, 6) is 1.47. The summed E-state index contributed by atoms with van der Waals surface area (Å²) in [5.41, 5.74) is 1.03. The predicted molar refractivity (Wildman–Crippen MR) is 86.1 cm³/mol. The van der Waals surface area contributed by atoms with Crippen LogP contribution in [0.4, 0.5) is 10.1 Å². The second-order valence-electron chi connectivity index (χ2n) is 6.80. The highest BCUT2D eigenvalue weighted by atomic mass is 19.1. The first-order valence-electron chi connectivity index (χ1n) is 8.48. The zero-order chi connectivity index (χ0) is 14.7. The van der Waals surface area contributed by atoms with Gasteiger partial charge in [-0.15, -0.1) is 0 Å². The Morgan fingerprint density at radius 3 is 2.76 bits per heavy atom. The number of halogens is 1. The van der Waals surface area contributed by atoms with Crippen molar-refractivity contribution in [1.82, 2.24) is 5.32 Å². The number of anilines is 1. The molecule has 1 aromatic rings. The number of benzene rings is 1. The lowest BCUT2D eigenvalue weighted by Gasteiger charge is -2.40. The van der Waals surface area contributed by atoms with Crippen molar-refractivity contribution in [3.05, 3.63) is 30.1 Å². The van der Waals surface area contributed by atoms with E-state index < -0.39 is 0 Å². The van der Waals surface area contributed by atoms with Crippen LogP contribution in [0, 0.1) is 17.7 Å². The summed E-state index contributed by atoms with van der Waals surface area (Å²) in [6.45, 7) is 5.50. The average molecular weight is 290 g/mol. The minimum atomic E-state index is -0.134. The molecule has 116 valence electrons. The van der Waals surface area contributed by atoms with Gasteiger partial charge >= 0.3 is 0 Å². The van der Waals surface area contributed by atoms with Gasteiger partial charge in [0, 0.05) is 24.8 Å².